The lowest BCUT2D eigenvalue weighted by atomic mass is 10.1. The Labute approximate surface area is 101 Å². The smallest absolute Gasteiger partial charge is 0.339 e. The average Bonchev–Trinajstić information content (AvgIpc) is 2.35. The quantitative estimate of drug-likeness (QED) is 0.618. The molecule has 1 rings (SSSR count). The van der Waals surface area contributed by atoms with Gasteiger partial charge in [-0.3, -0.25) is 0 Å². The highest BCUT2D eigenvalue weighted by Crippen LogP contribution is 2.24. The number of aromatic nitrogens is 1. The molecule has 0 aromatic carbocycles. The fraction of sp³-hybridized carbons (Fsp3) is 0.300. The standard InChI is InChI=1S/C10H7ClF2N2O2/c1-17-10(16)6-2-5(4-14)8(9(12)13)15-7(6)3-11/h2,9H,3H2,1H3. The fourth-order valence-corrected chi connectivity index (χ4v) is 1.42. The van der Waals surface area contributed by atoms with Gasteiger partial charge in [0.1, 0.15) is 11.8 Å². The Hall–Kier alpha value is -1.74. The van der Waals surface area contributed by atoms with E-state index in [1.54, 1.807) is 6.07 Å². The number of hydrogen-bond acceptors (Lipinski definition) is 4. The van der Waals surface area contributed by atoms with E-state index in [4.69, 9.17) is 16.9 Å². The van der Waals surface area contributed by atoms with Crippen LogP contribution in [0.1, 0.15) is 33.7 Å². The lowest BCUT2D eigenvalue weighted by Gasteiger charge is -2.08. The van der Waals surface area contributed by atoms with Crippen molar-refractivity contribution in [1.82, 2.24) is 4.98 Å². The molecule has 1 aromatic rings. The monoisotopic (exact) mass is 260 g/mol. The van der Waals surface area contributed by atoms with E-state index in [0.29, 0.717) is 0 Å². The van der Waals surface area contributed by atoms with Gasteiger partial charge in [-0.15, -0.1) is 11.6 Å². The van der Waals surface area contributed by atoms with Gasteiger partial charge in [-0.05, 0) is 6.07 Å². The molecule has 1 heterocycles. The lowest BCUT2D eigenvalue weighted by molar-refractivity contribution is 0.0598. The van der Waals surface area contributed by atoms with Crippen LogP contribution in [0.4, 0.5) is 8.78 Å². The maximum atomic E-state index is 12.6. The van der Waals surface area contributed by atoms with Gasteiger partial charge in [0.25, 0.3) is 6.43 Å². The molecule has 0 radical (unpaired) electrons. The van der Waals surface area contributed by atoms with Crippen molar-refractivity contribution in [3.05, 3.63) is 28.6 Å². The summed E-state index contributed by atoms with van der Waals surface area (Å²) >= 11 is 5.51. The molecule has 90 valence electrons. The van der Waals surface area contributed by atoms with Gasteiger partial charge < -0.3 is 4.74 Å². The number of pyridine rings is 1. The first kappa shape index (κ1) is 13.3. The van der Waals surface area contributed by atoms with Crippen molar-refractivity contribution < 1.29 is 18.3 Å². The zero-order valence-electron chi connectivity index (χ0n) is 8.71. The van der Waals surface area contributed by atoms with Crippen molar-refractivity contribution in [1.29, 1.82) is 5.26 Å². The van der Waals surface area contributed by atoms with Crippen LogP contribution in [0.2, 0.25) is 0 Å². The lowest BCUT2D eigenvalue weighted by Crippen LogP contribution is -2.10. The van der Waals surface area contributed by atoms with Gasteiger partial charge >= 0.3 is 5.97 Å². The molecule has 0 saturated heterocycles. The molecule has 0 saturated carbocycles. The highest BCUT2D eigenvalue weighted by molar-refractivity contribution is 6.17. The molecule has 0 atom stereocenters. The van der Waals surface area contributed by atoms with E-state index in [-0.39, 0.29) is 22.7 Å². The van der Waals surface area contributed by atoms with E-state index in [0.717, 1.165) is 13.2 Å². The SMILES string of the molecule is COC(=O)c1cc(C#N)c(C(F)F)nc1CCl. The number of carbonyl (C=O) groups excluding carboxylic acids is 1. The third-order valence-electron chi connectivity index (χ3n) is 1.99. The minimum atomic E-state index is -2.90. The molecule has 17 heavy (non-hydrogen) atoms. The van der Waals surface area contributed by atoms with Crippen LogP contribution in [0.3, 0.4) is 0 Å². The first-order valence-electron chi connectivity index (χ1n) is 4.41. The first-order valence-corrected chi connectivity index (χ1v) is 4.95. The summed E-state index contributed by atoms with van der Waals surface area (Å²) in [5, 5.41) is 8.70. The van der Waals surface area contributed by atoms with Gasteiger partial charge in [0.15, 0.2) is 0 Å². The molecule has 4 nitrogen and oxygen atoms in total. The van der Waals surface area contributed by atoms with Crippen LogP contribution in [-0.4, -0.2) is 18.1 Å². The first-order chi connectivity index (χ1) is 8.04. The predicted octanol–water partition coefficient (Wildman–Crippen LogP) is 2.42. The predicted molar refractivity (Wildman–Crippen MR) is 54.8 cm³/mol. The van der Waals surface area contributed by atoms with Crippen LogP contribution >= 0.6 is 11.6 Å². The van der Waals surface area contributed by atoms with E-state index in [1.165, 1.54) is 0 Å². The van der Waals surface area contributed by atoms with Crippen molar-refractivity contribution >= 4 is 17.6 Å². The molecule has 0 aliphatic rings. The largest absolute Gasteiger partial charge is 0.465 e. The van der Waals surface area contributed by atoms with E-state index < -0.39 is 18.1 Å². The summed E-state index contributed by atoms with van der Waals surface area (Å²) in [6.07, 6.45) is -2.90. The molecule has 0 amide bonds. The van der Waals surface area contributed by atoms with Gasteiger partial charge in [0.2, 0.25) is 0 Å². The van der Waals surface area contributed by atoms with Gasteiger partial charge in [-0.1, -0.05) is 0 Å². The van der Waals surface area contributed by atoms with Gasteiger partial charge in [0, 0.05) is 0 Å². The molecule has 0 unspecified atom stereocenters. The normalized spacial score (nSPS) is 10.1. The second-order valence-corrected chi connectivity index (χ2v) is 3.22. The van der Waals surface area contributed by atoms with E-state index >= 15 is 0 Å². The van der Waals surface area contributed by atoms with Crippen molar-refractivity contribution in [3.63, 3.8) is 0 Å². The molecule has 1 aromatic heterocycles. The Morgan fingerprint density at radius 3 is 2.76 bits per heavy atom. The fourth-order valence-electron chi connectivity index (χ4n) is 1.21. The minimum absolute atomic E-state index is 0.0344. The number of ether oxygens (including phenoxy) is 1. The third kappa shape index (κ3) is 2.68. The number of nitrogens with zero attached hydrogens (tertiary/aromatic N) is 2. The van der Waals surface area contributed by atoms with E-state index in [9.17, 15) is 13.6 Å². The second-order valence-electron chi connectivity index (χ2n) is 2.95. The summed E-state index contributed by atoms with van der Waals surface area (Å²) in [5.41, 5.74) is -1.17. The maximum absolute atomic E-state index is 12.6. The van der Waals surface area contributed by atoms with Crippen molar-refractivity contribution in [2.75, 3.05) is 7.11 Å². The Bertz CT molecular complexity index is 486. The molecule has 0 fully saturated rings. The highest BCUT2D eigenvalue weighted by Gasteiger charge is 2.21. The van der Waals surface area contributed by atoms with Crippen LogP contribution in [0.15, 0.2) is 6.07 Å². The summed E-state index contributed by atoms with van der Waals surface area (Å²) in [5.74, 6) is -0.999. The molecule has 0 N–H and O–H groups in total. The summed E-state index contributed by atoms with van der Waals surface area (Å²) in [7, 11) is 1.13. The zero-order chi connectivity index (χ0) is 13.0. The molecular weight excluding hydrogens is 254 g/mol. The van der Waals surface area contributed by atoms with E-state index in [2.05, 4.69) is 9.72 Å². The minimum Gasteiger partial charge on any atom is -0.465 e. The number of halogens is 3. The third-order valence-corrected chi connectivity index (χ3v) is 2.24. The number of esters is 1. The van der Waals surface area contributed by atoms with Crippen LogP contribution < -0.4 is 0 Å². The highest BCUT2D eigenvalue weighted by atomic mass is 35.5. The van der Waals surface area contributed by atoms with Crippen LogP contribution in [0.5, 0.6) is 0 Å². The Morgan fingerprint density at radius 2 is 2.35 bits per heavy atom. The number of hydrogen-bond donors (Lipinski definition) is 0. The van der Waals surface area contributed by atoms with Crippen molar-refractivity contribution in [2.24, 2.45) is 0 Å². The Kier molecular flexibility index (Phi) is 4.35. The summed E-state index contributed by atoms with van der Waals surface area (Å²) in [6.45, 7) is 0. The number of methoxy groups -OCH3 is 1. The molecule has 0 bridgehead atoms. The molecule has 0 aliphatic carbocycles. The van der Waals surface area contributed by atoms with Gasteiger partial charge in [-0.2, -0.15) is 5.26 Å². The number of carbonyl (C=O) groups is 1. The number of rotatable bonds is 3. The topological polar surface area (TPSA) is 63.0 Å². The van der Waals surface area contributed by atoms with E-state index in [1.807, 2.05) is 0 Å². The molecule has 0 spiro atoms. The molecular formula is C10H7ClF2N2O2. The van der Waals surface area contributed by atoms with Crippen LogP contribution in [0, 0.1) is 11.3 Å². The zero-order valence-corrected chi connectivity index (χ0v) is 9.46. The average molecular weight is 261 g/mol. The molecule has 7 heteroatoms. The number of alkyl halides is 3. The van der Waals surface area contributed by atoms with Crippen molar-refractivity contribution in [3.8, 4) is 6.07 Å². The maximum Gasteiger partial charge on any atom is 0.339 e. The number of nitriles is 1. The van der Waals surface area contributed by atoms with Crippen LogP contribution in [0.25, 0.3) is 0 Å². The molecule has 0 aliphatic heterocycles. The van der Waals surface area contributed by atoms with Gasteiger partial charge in [-0.25, -0.2) is 18.6 Å². The summed E-state index contributed by atoms with van der Waals surface area (Å²) in [6, 6.07) is 2.57. The second kappa shape index (κ2) is 5.55. The van der Waals surface area contributed by atoms with Crippen molar-refractivity contribution in [2.45, 2.75) is 12.3 Å². The Balaban J connectivity index is 3.44. The van der Waals surface area contributed by atoms with Gasteiger partial charge in [0.05, 0.1) is 29.8 Å². The summed E-state index contributed by atoms with van der Waals surface area (Å²) < 4.78 is 29.6. The summed E-state index contributed by atoms with van der Waals surface area (Å²) in [4.78, 5) is 14.8. The Morgan fingerprint density at radius 1 is 1.71 bits per heavy atom. The van der Waals surface area contributed by atoms with Crippen LogP contribution in [-0.2, 0) is 10.6 Å².